The van der Waals surface area contributed by atoms with Crippen molar-refractivity contribution in [3.05, 3.63) is 53.7 Å². The molecule has 8 heteroatoms. The van der Waals surface area contributed by atoms with Crippen LogP contribution in [0, 0.1) is 5.92 Å². The second-order valence-electron chi connectivity index (χ2n) is 7.20. The molecule has 0 saturated carbocycles. The van der Waals surface area contributed by atoms with Gasteiger partial charge in [-0.25, -0.2) is 4.98 Å². The number of nitrogens with one attached hydrogen (secondary N) is 1. The van der Waals surface area contributed by atoms with E-state index >= 15 is 0 Å². The maximum Gasteiger partial charge on any atom is 0.433 e. The number of piperidine rings is 3. The lowest BCUT2D eigenvalue weighted by Crippen LogP contribution is -2.57. The van der Waals surface area contributed by atoms with Gasteiger partial charge in [0.05, 0.1) is 0 Å². The second kappa shape index (κ2) is 7.43. The van der Waals surface area contributed by atoms with Crippen LogP contribution in [0.1, 0.15) is 28.9 Å². The van der Waals surface area contributed by atoms with E-state index in [1.807, 2.05) is 0 Å². The van der Waals surface area contributed by atoms with Crippen LogP contribution >= 0.6 is 0 Å². The normalized spacial score (nSPS) is 24.0. The largest absolute Gasteiger partial charge is 0.439 e. The first kappa shape index (κ1) is 18.7. The van der Waals surface area contributed by atoms with Crippen molar-refractivity contribution in [1.29, 1.82) is 0 Å². The lowest BCUT2D eigenvalue weighted by molar-refractivity contribution is -0.141. The van der Waals surface area contributed by atoms with Gasteiger partial charge in [-0.2, -0.15) is 13.2 Å². The fourth-order valence-electron chi connectivity index (χ4n) is 3.80. The Bertz CT molecular complexity index is 847. The number of halogens is 3. The van der Waals surface area contributed by atoms with E-state index in [4.69, 9.17) is 4.74 Å². The van der Waals surface area contributed by atoms with Crippen molar-refractivity contribution in [1.82, 2.24) is 15.2 Å². The second-order valence-corrected chi connectivity index (χ2v) is 7.20. The van der Waals surface area contributed by atoms with Crippen LogP contribution in [0.5, 0.6) is 11.6 Å². The molecule has 3 fully saturated rings. The van der Waals surface area contributed by atoms with Crippen LogP contribution in [0.15, 0.2) is 42.5 Å². The average Bonchev–Trinajstić information content (AvgIpc) is 2.69. The molecule has 1 amide bonds. The Morgan fingerprint density at radius 1 is 1.11 bits per heavy atom. The first-order valence-corrected chi connectivity index (χ1v) is 9.24. The van der Waals surface area contributed by atoms with E-state index < -0.39 is 11.9 Å². The summed E-state index contributed by atoms with van der Waals surface area (Å²) in [5, 5.41) is 3.10. The van der Waals surface area contributed by atoms with Gasteiger partial charge >= 0.3 is 6.18 Å². The summed E-state index contributed by atoms with van der Waals surface area (Å²) < 4.78 is 43.6. The maximum absolute atomic E-state index is 12.7. The Morgan fingerprint density at radius 3 is 2.43 bits per heavy atom. The van der Waals surface area contributed by atoms with Gasteiger partial charge in [-0.15, -0.1) is 0 Å². The maximum atomic E-state index is 12.7. The molecule has 3 saturated heterocycles. The Balaban J connectivity index is 1.39. The van der Waals surface area contributed by atoms with Gasteiger partial charge in [-0.05, 0) is 62.2 Å². The van der Waals surface area contributed by atoms with Crippen molar-refractivity contribution in [2.24, 2.45) is 5.92 Å². The molecule has 5 rings (SSSR count). The van der Waals surface area contributed by atoms with Gasteiger partial charge in [-0.1, -0.05) is 6.07 Å². The summed E-state index contributed by atoms with van der Waals surface area (Å²) in [6, 6.07) is 9.93. The number of fused-ring (bicyclic) bond motifs is 3. The highest BCUT2D eigenvalue weighted by atomic mass is 19.4. The summed E-state index contributed by atoms with van der Waals surface area (Å²) in [4.78, 5) is 18.3. The van der Waals surface area contributed by atoms with Crippen LogP contribution in [-0.4, -0.2) is 41.5 Å². The van der Waals surface area contributed by atoms with Crippen LogP contribution in [0.3, 0.4) is 0 Å². The molecule has 3 aliphatic heterocycles. The van der Waals surface area contributed by atoms with E-state index in [1.165, 1.54) is 12.1 Å². The molecule has 0 aliphatic carbocycles. The molecule has 1 N–H and O–H groups in total. The van der Waals surface area contributed by atoms with E-state index in [2.05, 4.69) is 15.2 Å². The van der Waals surface area contributed by atoms with Gasteiger partial charge in [0.1, 0.15) is 11.4 Å². The molecule has 4 heterocycles. The lowest BCUT2D eigenvalue weighted by Gasteiger charge is -2.44. The number of benzene rings is 1. The van der Waals surface area contributed by atoms with Gasteiger partial charge in [0, 0.05) is 24.2 Å². The van der Waals surface area contributed by atoms with Crippen LogP contribution < -0.4 is 10.1 Å². The molecule has 1 aromatic heterocycles. The number of carbonyl (C=O) groups excluding carboxylic acids is 1. The van der Waals surface area contributed by atoms with Gasteiger partial charge in [0.15, 0.2) is 0 Å². The number of alkyl halides is 3. The van der Waals surface area contributed by atoms with Crippen LogP contribution in [0.2, 0.25) is 0 Å². The number of hydrogen-bond acceptors (Lipinski definition) is 4. The third-order valence-electron chi connectivity index (χ3n) is 5.33. The first-order valence-electron chi connectivity index (χ1n) is 9.24. The highest BCUT2D eigenvalue weighted by Gasteiger charge is 2.35. The minimum atomic E-state index is -4.53. The van der Waals surface area contributed by atoms with Crippen molar-refractivity contribution in [3.63, 3.8) is 0 Å². The fraction of sp³-hybridized carbons (Fsp3) is 0.400. The van der Waals surface area contributed by atoms with E-state index in [9.17, 15) is 18.0 Å². The number of rotatable bonds is 4. The molecule has 28 heavy (non-hydrogen) atoms. The summed E-state index contributed by atoms with van der Waals surface area (Å²) in [7, 11) is 0. The quantitative estimate of drug-likeness (QED) is 0.863. The van der Waals surface area contributed by atoms with Crippen LogP contribution in [0.4, 0.5) is 13.2 Å². The Labute approximate surface area is 160 Å². The van der Waals surface area contributed by atoms with Gasteiger partial charge < -0.3 is 15.0 Å². The number of hydrogen-bond donors (Lipinski definition) is 1. The van der Waals surface area contributed by atoms with E-state index in [-0.39, 0.29) is 17.8 Å². The monoisotopic (exact) mass is 391 g/mol. The van der Waals surface area contributed by atoms with E-state index in [1.54, 1.807) is 24.3 Å². The summed E-state index contributed by atoms with van der Waals surface area (Å²) in [6.07, 6.45) is -2.31. The molecule has 1 atom stereocenters. The average molecular weight is 391 g/mol. The van der Waals surface area contributed by atoms with Gasteiger partial charge in [0.2, 0.25) is 5.88 Å². The highest BCUT2D eigenvalue weighted by Crippen LogP contribution is 2.30. The van der Waals surface area contributed by atoms with Crippen molar-refractivity contribution >= 4 is 5.91 Å². The summed E-state index contributed by atoms with van der Waals surface area (Å²) in [6.45, 7) is 3.10. The van der Waals surface area contributed by atoms with Crippen molar-refractivity contribution in [2.45, 2.75) is 25.1 Å². The SMILES string of the molecule is O=C(N[C@H]1CN2CCC1CC2)c1ccc(Oc2cccc(C(F)(F)F)n2)cc1. The topological polar surface area (TPSA) is 54.5 Å². The van der Waals surface area contributed by atoms with Crippen LogP contribution in [-0.2, 0) is 6.18 Å². The number of pyridine rings is 1. The molecule has 0 spiro atoms. The third-order valence-corrected chi connectivity index (χ3v) is 5.33. The minimum absolute atomic E-state index is 0.150. The summed E-state index contributed by atoms with van der Waals surface area (Å²) >= 11 is 0. The third kappa shape index (κ3) is 4.11. The molecule has 148 valence electrons. The molecule has 3 aliphatic rings. The van der Waals surface area contributed by atoms with Gasteiger partial charge in [0.25, 0.3) is 5.91 Å². The zero-order valence-corrected chi connectivity index (χ0v) is 15.1. The van der Waals surface area contributed by atoms with Crippen molar-refractivity contribution < 1.29 is 22.7 Å². The number of ether oxygens (including phenoxy) is 1. The van der Waals surface area contributed by atoms with Crippen molar-refractivity contribution in [2.75, 3.05) is 19.6 Å². The Morgan fingerprint density at radius 2 is 1.82 bits per heavy atom. The smallest absolute Gasteiger partial charge is 0.433 e. The lowest BCUT2D eigenvalue weighted by atomic mass is 9.84. The minimum Gasteiger partial charge on any atom is -0.439 e. The molecule has 5 nitrogen and oxygen atoms in total. The van der Waals surface area contributed by atoms with E-state index in [0.29, 0.717) is 17.2 Å². The highest BCUT2D eigenvalue weighted by molar-refractivity contribution is 5.94. The fourth-order valence-corrected chi connectivity index (χ4v) is 3.80. The van der Waals surface area contributed by atoms with Gasteiger partial charge in [-0.3, -0.25) is 4.79 Å². The Kier molecular flexibility index (Phi) is 4.97. The number of nitrogens with zero attached hydrogens (tertiary/aromatic N) is 2. The number of amides is 1. The number of aromatic nitrogens is 1. The summed E-state index contributed by atoms with van der Waals surface area (Å²) in [5.74, 6) is 0.538. The molecule has 1 aromatic carbocycles. The zero-order valence-electron chi connectivity index (χ0n) is 15.1. The van der Waals surface area contributed by atoms with Crippen LogP contribution in [0.25, 0.3) is 0 Å². The molecular formula is C20H20F3N3O2. The predicted octanol–water partition coefficient (Wildman–Crippen LogP) is 3.72. The molecular weight excluding hydrogens is 371 g/mol. The van der Waals surface area contributed by atoms with E-state index in [0.717, 1.165) is 38.5 Å². The predicted molar refractivity (Wildman–Crippen MR) is 96.2 cm³/mol. The molecule has 2 bridgehead atoms. The number of carbonyl (C=O) groups is 1. The summed E-state index contributed by atoms with van der Waals surface area (Å²) in [5.41, 5.74) is -0.528. The first-order chi connectivity index (χ1) is 13.4. The molecule has 0 unspecified atom stereocenters. The Hall–Kier alpha value is -2.61. The standard InChI is InChI=1S/C20H20F3N3O2/c21-20(22,23)17-2-1-3-18(25-17)28-15-6-4-14(5-7-15)19(27)24-16-12-26-10-8-13(16)9-11-26/h1-7,13,16H,8-12H2,(H,24,27)/t16-/m0/s1. The van der Waals surface area contributed by atoms with Crippen molar-refractivity contribution in [3.8, 4) is 11.6 Å². The molecule has 2 aromatic rings. The molecule has 0 radical (unpaired) electrons. The zero-order chi connectivity index (χ0) is 19.7.